The molecule has 2 rings (SSSR count). The Morgan fingerprint density at radius 3 is 2.50 bits per heavy atom. The summed E-state index contributed by atoms with van der Waals surface area (Å²) in [6.45, 7) is 0. The molecule has 0 bridgehead atoms. The van der Waals surface area contributed by atoms with Gasteiger partial charge in [-0.3, -0.25) is 0 Å². The molecular formula is C13H16FNO4S. The van der Waals surface area contributed by atoms with Gasteiger partial charge in [0.1, 0.15) is 10.7 Å². The third kappa shape index (κ3) is 3.34. The molecule has 110 valence electrons. The highest BCUT2D eigenvalue weighted by molar-refractivity contribution is 7.89. The summed E-state index contributed by atoms with van der Waals surface area (Å²) < 4.78 is 40.4. The first-order valence-corrected chi connectivity index (χ1v) is 7.93. The molecule has 7 heteroatoms. The second kappa shape index (κ2) is 5.88. The summed E-state index contributed by atoms with van der Waals surface area (Å²) in [5.41, 5.74) is -0.254. The average Bonchev–Trinajstić information content (AvgIpc) is 2.39. The predicted octanol–water partition coefficient (Wildman–Crippen LogP) is 2.13. The summed E-state index contributed by atoms with van der Waals surface area (Å²) in [6, 6.07) is 2.54. The van der Waals surface area contributed by atoms with Crippen LogP contribution in [0.1, 0.15) is 42.5 Å². The van der Waals surface area contributed by atoms with Crippen molar-refractivity contribution >= 4 is 16.0 Å². The van der Waals surface area contributed by atoms with Crippen LogP contribution in [-0.2, 0) is 10.0 Å². The Morgan fingerprint density at radius 1 is 1.25 bits per heavy atom. The first kappa shape index (κ1) is 14.9. The third-order valence-corrected chi connectivity index (χ3v) is 4.93. The zero-order chi connectivity index (χ0) is 14.8. The molecule has 1 aromatic carbocycles. The highest BCUT2D eigenvalue weighted by Gasteiger charge is 2.25. The van der Waals surface area contributed by atoms with Crippen molar-refractivity contribution in [3.63, 3.8) is 0 Å². The van der Waals surface area contributed by atoms with Crippen LogP contribution in [0.2, 0.25) is 0 Å². The molecular weight excluding hydrogens is 285 g/mol. The van der Waals surface area contributed by atoms with Gasteiger partial charge in [0, 0.05) is 6.04 Å². The number of nitrogens with one attached hydrogen (secondary N) is 1. The van der Waals surface area contributed by atoms with Crippen molar-refractivity contribution in [1.29, 1.82) is 0 Å². The maximum atomic E-state index is 13.7. The highest BCUT2D eigenvalue weighted by atomic mass is 32.2. The number of carbonyl (C=O) groups is 1. The highest BCUT2D eigenvalue weighted by Crippen LogP contribution is 2.22. The molecule has 1 aliphatic rings. The monoisotopic (exact) mass is 301 g/mol. The topological polar surface area (TPSA) is 83.5 Å². The van der Waals surface area contributed by atoms with Crippen LogP contribution in [0.5, 0.6) is 0 Å². The van der Waals surface area contributed by atoms with Gasteiger partial charge in [-0.15, -0.1) is 0 Å². The Balaban J connectivity index is 2.28. The van der Waals surface area contributed by atoms with E-state index in [0.717, 1.165) is 50.3 Å². The minimum absolute atomic E-state index is 0.207. The maximum Gasteiger partial charge on any atom is 0.335 e. The van der Waals surface area contributed by atoms with Crippen LogP contribution >= 0.6 is 0 Å². The van der Waals surface area contributed by atoms with Crippen LogP contribution in [0, 0.1) is 5.82 Å². The lowest BCUT2D eigenvalue weighted by Gasteiger charge is -2.22. The summed E-state index contributed by atoms with van der Waals surface area (Å²) in [5, 5.41) is 8.85. The average molecular weight is 301 g/mol. The summed E-state index contributed by atoms with van der Waals surface area (Å²) >= 11 is 0. The number of sulfonamides is 1. The van der Waals surface area contributed by atoms with Gasteiger partial charge in [-0.25, -0.2) is 22.3 Å². The molecule has 0 heterocycles. The van der Waals surface area contributed by atoms with Crippen molar-refractivity contribution in [2.75, 3.05) is 0 Å². The molecule has 5 nitrogen and oxygen atoms in total. The minimum atomic E-state index is -4.03. The normalized spacial score (nSPS) is 17.1. The molecule has 0 unspecified atom stereocenters. The van der Waals surface area contributed by atoms with Crippen LogP contribution in [0.4, 0.5) is 4.39 Å². The van der Waals surface area contributed by atoms with E-state index in [0.29, 0.717) is 0 Å². The molecule has 1 saturated carbocycles. The van der Waals surface area contributed by atoms with E-state index < -0.39 is 26.7 Å². The SMILES string of the molecule is O=C(O)c1ccc(F)c(S(=O)(=O)NC2CCCCC2)c1. The largest absolute Gasteiger partial charge is 0.478 e. The zero-order valence-electron chi connectivity index (χ0n) is 10.8. The predicted molar refractivity (Wildman–Crippen MR) is 70.6 cm³/mol. The van der Waals surface area contributed by atoms with Crippen LogP contribution in [0.3, 0.4) is 0 Å². The van der Waals surface area contributed by atoms with E-state index in [4.69, 9.17) is 5.11 Å². The number of rotatable bonds is 4. The van der Waals surface area contributed by atoms with Crippen LogP contribution in [-0.4, -0.2) is 25.5 Å². The summed E-state index contributed by atoms with van der Waals surface area (Å²) in [4.78, 5) is 10.2. The van der Waals surface area contributed by atoms with E-state index in [1.54, 1.807) is 0 Å². The van der Waals surface area contributed by atoms with Gasteiger partial charge in [-0.05, 0) is 31.0 Å². The van der Waals surface area contributed by atoms with E-state index in [1.807, 2.05) is 0 Å². The molecule has 1 fully saturated rings. The maximum absolute atomic E-state index is 13.7. The van der Waals surface area contributed by atoms with Crippen molar-refractivity contribution in [3.8, 4) is 0 Å². The Labute approximate surface area is 116 Å². The fraction of sp³-hybridized carbons (Fsp3) is 0.462. The van der Waals surface area contributed by atoms with Gasteiger partial charge in [0.05, 0.1) is 5.56 Å². The van der Waals surface area contributed by atoms with Crippen molar-refractivity contribution in [1.82, 2.24) is 4.72 Å². The number of carboxylic acids is 1. The molecule has 0 aromatic heterocycles. The standard InChI is InChI=1S/C13H16FNO4S/c14-11-7-6-9(13(16)17)8-12(11)20(18,19)15-10-4-2-1-3-5-10/h6-8,10,15H,1-5H2,(H,16,17). The Morgan fingerprint density at radius 2 is 1.90 bits per heavy atom. The van der Waals surface area contributed by atoms with Crippen molar-refractivity contribution in [3.05, 3.63) is 29.6 Å². The lowest BCUT2D eigenvalue weighted by Crippen LogP contribution is -2.36. The van der Waals surface area contributed by atoms with E-state index >= 15 is 0 Å². The van der Waals surface area contributed by atoms with Gasteiger partial charge in [-0.1, -0.05) is 19.3 Å². The smallest absolute Gasteiger partial charge is 0.335 e. The third-order valence-electron chi connectivity index (χ3n) is 3.39. The van der Waals surface area contributed by atoms with Gasteiger partial charge in [0.15, 0.2) is 0 Å². The van der Waals surface area contributed by atoms with Gasteiger partial charge in [-0.2, -0.15) is 0 Å². The van der Waals surface area contributed by atoms with Crippen molar-refractivity contribution in [2.45, 2.75) is 43.0 Å². The lowest BCUT2D eigenvalue weighted by molar-refractivity contribution is 0.0696. The fourth-order valence-electron chi connectivity index (χ4n) is 2.35. The molecule has 20 heavy (non-hydrogen) atoms. The van der Waals surface area contributed by atoms with Crippen LogP contribution in [0.25, 0.3) is 0 Å². The van der Waals surface area contributed by atoms with Crippen LogP contribution < -0.4 is 4.72 Å². The number of hydrogen-bond acceptors (Lipinski definition) is 3. The number of benzene rings is 1. The molecule has 0 saturated heterocycles. The van der Waals surface area contributed by atoms with Crippen molar-refractivity contribution < 1.29 is 22.7 Å². The second-order valence-corrected chi connectivity index (χ2v) is 6.59. The van der Waals surface area contributed by atoms with Gasteiger partial charge >= 0.3 is 5.97 Å². The molecule has 2 N–H and O–H groups in total. The number of carboxylic acid groups (broad SMARTS) is 1. The number of halogens is 1. The molecule has 0 spiro atoms. The first-order valence-electron chi connectivity index (χ1n) is 6.45. The Bertz CT molecular complexity index is 609. The fourth-order valence-corrected chi connectivity index (χ4v) is 3.75. The molecule has 0 atom stereocenters. The summed E-state index contributed by atoms with van der Waals surface area (Å²) in [5.74, 6) is -2.24. The van der Waals surface area contributed by atoms with Gasteiger partial charge in [0.25, 0.3) is 0 Å². The molecule has 1 aromatic rings. The van der Waals surface area contributed by atoms with Crippen LogP contribution in [0.15, 0.2) is 23.1 Å². The quantitative estimate of drug-likeness (QED) is 0.892. The summed E-state index contributed by atoms with van der Waals surface area (Å²) in [6.07, 6.45) is 4.38. The second-order valence-electron chi connectivity index (χ2n) is 4.91. The van der Waals surface area contributed by atoms with E-state index in [2.05, 4.69) is 4.72 Å². The molecule has 1 aliphatic carbocycles. The van der Waals surface area contributed by atoms with E-state index in [1.165, 1.54) is 0 Å². The lowest BCUT2D eigenvalue weighted by atomic mass is 9.96. The minimum Gasteiger partial charge on any atom is -0.478 e. The van der Waals surface area contributed by atoms with E-state index in [9.17, 15) is 17.6 Å². The molecule has 0 aliphatic heterocycles. The molecule has 0 amide bonds. The number of aromatic carboxylic acids is 1. The Kier molecular flexibility index (Phi) is 4.39. The number of hydrogen-bond donors (Lipinski definition) is 2. The Hall–Kier alpha value is -1.47. The van der Waals surface area contributed by atoms with Gasteiger partial charge in [0.2, 0.25) is 10.0 Å². The summed E-state index contributed by atoms with van der Waals surface area (Å²) in [7, 11) is -4.03. The van der Waals surface area contributed by atoms with E-state index in [-0.39, 0.29) is 11.6 Å². The first-order chi connectivity index (χ1) is 9.40. The zero-order valence-corrected chi connectivity index (χ0v) is 11.6. The molecule has 0 radical (unpaired) electrons. The van der Waals surface area contributed by atoms with Gasteiger partial charge < -0.3 is 5.11 Å². The van der Waals surface area contributed by atoms with Crippen molar-refractivity contribution in [2.24, 2.45) is 0 Å².